The van der Waals surface area contributed by atoms with Crippen LogP contribution in [0, 0.1) is 23.2 Å². The number of amides is 2. The van der Waals surface area contributed by atoms with Crippen LogP contribution >= 0.6 is 11.3 Å². The second-order valence-electron chi connectivity index (χ2n) is 9.83. The van der Waals surface area contributed by atoms with E-state index in [4.69, 9.17) is 4.74 Å². The molecule has 7 rings (SSSR count). The number of benzene rings is 1. The highest BCUT2D eigenvalue weighted by Crippen LogP contribution is 2.65. The lowest BCUT2D eigenvalue weighted by Crippen LogP contribution is -2.37. The van der Waals surface area contributed by atoms with Crippen molar-refractivity contribution in [1.82, 2.24) is 5.32 Å². The Bertz CT molecular complexity index is 1020. The molecule has 162 valence electrons. The third kappa shape index (κ3) is 3.23. The van der Waals surface area contributed by atoms with Gasteiger partial charge in [0.1, 0.15) is 5.00 Å². The van der Waals surface area contributed by atoms with Crippen LogP contribution in [0.3, 0.4) is 0 Å². The molecule has 0 spiro atoms. The van der Waals surface area contributed by atoms with Gasteiger partial charge in [0, 0.05) is 11.4 Å². The lowest BCUT2D eigenvalue weighted by molar-refractivity contribution is -0.127. The van der Waals surface area contributed by atoms with Crippen molar-refractivity contribution in [2.75, 3.05) is 11.9 Å². The molecule has 1 aliphatic heterocycles. The van der Waals surface area contributed by atoms with Crippen LogP contribution in [-0.2, 0) is 29.1 Å². The van der Waals surface area contributed by atoms with Crippen molar-refractivity contribution < 1.29 is 14.3 Å². The van der Waals surface area contributed by atoms with Gasteiger partial charge < -0.3 is 15.4 Å². The van der Waals surface area contributed by atoms with E-state index in [2.05, 4.69) is 10.6 Å². The maximum Gasteiger partial charge on any atom is 0.254 e. The van der Waals surface area contributed by atoms with Gasteiger partial charge in [-0.15, -0.1) is 11.3 Å². The quantitative estimate of drug-likeness (QED) is 0.724. The predicted molar refractivity (Wildman–Crippen MR) is 120 cm³/mol. The SMILES string of the molecule is O=C(NCc1ccccc1)c1c(NC(=O)C23CC4CC(CC2C4)C3)sc2c1CCOC2. The Morgan fingerprint density at radius 1 is 1.10 bits per heavy atom. The van der Waals surface area contributed by atoms with Crippen LogP contribution in [0.4, 0.5) is 5.00 Å². The van der Waals surface area contributed by atoms with Crippen molar-refractivity contribution >= 4 is 28.2 Å². The summed E-state index contributed by atoms with van der Waals surface area (Å²) in [6, 6.07) is 9.92. The maximum atomic E-state index is 13.6. The van der Waals surface area contributed by atoms with Crippen molar-refractivity contribution in [1.29, 1.82) is 0 Å². The third-order valence-corrected chi connectivity index (χ3v) is 9.13. The maximum absolute atomic E-state index is 13.6. The molecule has 0 saturated heterocycles. The van der Waals surface area contributed by atoms with Gasteiger partial charge >= 0.3 is 0 Å². The molecule has 6 heteroatoms. The Kier molecular flexibility index (Phi) is 4.69. The fourth-order valence-corrected chi connectivity index (χ4v) is 8.00. The molecule has 2 aromatic rings. The Hall–Kier alpha value is -2.18. The molecule has 31 heavy (non-hydrogen) atoms. The lowest BCUT2D eigenvalue weighted by atomic mass is 9.75. The fourth-order valence-electron chi connectivity index (χ4n) is 6.82. The standard InChI is InChI=1S/C25H28N2O3S/c28-22(26-13-15-4-2-1-3-5-15)21-19-6-7-30-14-20(19)31-23(21)27-24(29)25-11-16-8-17(12-25)10-18(25)9-16/h1-5,16-18H,6-14H2,(H,26,28)(H,27,29). The Balaban J connectivity index is 1.26. The molecular weight excluding hydrogens is 408 g/mol. The zero-order chi connectivity index (χ0) is 21.0. The third-order valence-electron chi connectivity index (χ3n) is 8.01. The molecule has 1 aromatic heterocycles. The molecular formula is C25H28N2O3S. The summed E-state index contributed by atoms with van der Waals surface area (Å²) in [4.78, 5) is 27.9. The summed E-state index contributed by atoms with van der Waals surface area (Å²) in [5, 5.41) is 7.04. The van der Waals surface area contributed by atoms with Crippen molar-refractivity contribution in [2.24, 2.45) is 23.2 Å². The van der Waals surface area contributed by atoms with E-state index in [1.165, 1.54) is 30.6 Å². The van der Waals surface area contributed by atoms with Gasteiger partial charge in [-0.1, -0.05) is 30.3 Å². The largest absolute Gasteiger partial charge is 0.376 e. The number of fused-ring (bicyclic) bond motifs is 1. The highest BCUT2D eigenvalue weighted by molar-refractivity contribution is 7.17. The van der Waals surface area contributed by atoms with Gasteiger partial charge in [-0.3, -0.25) is 9.59 Å². The Labute approximate surface area is 186 Å². The minimum atomic E-state index is -0.202. The number of rotatable bonds is 5. The van der Waals surface area contributed by atoms with Crippen molar-refractivity contribution in [3.05, 3.63) is 51.9 Å². The van der Waals surface area contributed by atoms with Crippen LogP contribution in [0.2, 0.25) is 0 Å². The van der Waals surface area contributed by atoms with Gasteiger partial charge in [0.05, 0.1) is 24.2 Å². The van der Waals surface area contributed by atoms with Crippen LogP contribution in [0.1, 0.15) is 58.5 Å². The van der Waals surface area contributed by atoms with Crippen LogP contribution in [0.5, 0.6) is 0 Å². The zero-order valence-corrected chi connectivity index (χ0v) is 18.4. The van der Waals surface area contributed by atoms with E-state index >= 15 is 0 Å². The van der Waals surface area contributed by atoms with Gasteiger partial charge in [0.2, 0.25) is 5.91 Å². The van der Waals surface area contributed by atoms with E-state index in [0.717, 1.165) is 40.7 Å². The first-order valence-electron chi connectivity index (χ1n) is 11.5. The van der Waals surface area contributed by atoms with Crippen LogP contribution in [0.25, 0.3) is 0 Å². The molecule has 2 N–H and O–H groups in total. The normalized spacial score (nSPS) is 30.3. The van der Waals surface area contributed by atoms with Crippen molar-refractivity contribution in [3.8, 4) is 0 Å². The molecule has 2 amide bonds. The topological polar surface area (TPSA) is 67.4 Å². The van der Waals surface area contributed by atoms with E-state index in [0.29, 0.717) is 42.7 Å². The molecule has 2 unspecified atom stereocenters. The first-order valence-corrected chi connectivity index (χ1v) is 12.3. The fraction of sp³-hybridized carbons (Fsp3) is 0.520. The molecule has 4 saturated carbocycles. The Morgan fingerprint density at radius 2 is 1.87 bits per heavy atom. The van der Waals surface area contributed by atoms with Crippen LogP contribution < -0.4 is 10.6 Å². The molecule has 5 nitrogen and oxygen atoms in total. The van der Waals surface area contributed by atoms with E-state index < -0.39 is 0 Å². The van der Waals surface area contributed by atoms with Crippen LogP contribution in [-0.4, -0.2) is 18.4 Å². The summed E-state index contributed by atoms with van der Waals surface area (Å²) in [5.41, 5.74) is 2.56. The summed E-state index contributed by atoms with van der Waals surface area (Å²) in [6.07, 6.45) is 6.51. The van der Waals surface area contributed by atoms with Crippen LogP contribution in [0.15, 0.2) is 30.3 Å². The number of hydrogen-bond acceptors (Lipinski definition) is 4. The highest BCUT2D eigenvalue weighted by Gasteiger charge is 2.61. The summed E-state index contributed by atoms with van der Waals surface area (Å²) < 4.78 is 5.63. The first kappa shape index (κ1) is 19.5. The van der Waals surface area contributed by atoms with Gasteiger partial charge in [-0.05, 0) is 67.4 Å². The Morgan fingerprint density at radius 3 is 2.65 bits per heavy atom. The van der Waals surface area contributed by atoms with Gasteiger partial charge in [-0.2, -0.15) is 0 Å². The number of anilines is 1. The highest BCUT2D eigenvalue weighted by atomic mass is 32.1. The molecule has 2 heterocycles. The van der Waals surface area contributed by atoms with E-state index in [-0.39, 0.29) is 17.2 Å². The number of carbonyl (C=O) groups excluding carboxylic acids is 2. The van der Waals surface area contributed by atoms with Crippen molar-refractivity contribution in [2.45, 2.75) is 51.7 Å². The summed E-state index contributed by atoms with van der Waals surface area (Å²) in [6.45, 7) is 1.61. The number of hydrogen-bond donors (Lipinski definition) is 2. The first-order chi connectivity index (χ1) is 15.1. The molecule has 5 aliphatic rings. The van der Waals surface area contributed by atoms with Crippen molar-refractivity contribution in [3.63, 3.8) is 0 Å². The zero-order valence-electron chi connectivity index (χ0n) is 17.6. The van der Waals surface area contributed by atoms with E-state index in [9.17, 15) is 9.59 Å². The van der Waals surface area contributed by atoms with Gasteiger partial charge in [0.25, 0.3) is 5.91 Å². The lowest BCUT2D eigenvalue weighted by Gasteiger charge is -2.31. The number of ether oxygens (including phenoxy) is 1. The van der Waals surface area contributed by atoms with E-state index in [1.54, 1.807) is 0 Å². The number of carbonyl (C=O) groups is 2. The van der Waals surface area contributed by atoms with E-state index in [1.807, 2.05) is 30.3 Å². The predicted octanol–water partition coefficient (Wildman–Crippen LogP) is 4.52. The van der Waals surface area contributed by atoms with Gasteiger partial charge in [0.15, 0.2) is 0 Å². The molecule has 2 atom stereocenters. The summed E-state index contributed by atoms with van der Waals surface area (Å²) in [7, 11) is 0. The average Bonchev–Trinajstić information content (AvgIpc) is 3.36. The minimum Gasteiger partial charge on any atom is -0.376 e. The minimum absolute atomic E-state index is 0.103. The second kappa shape index (κ2) is 7.45. The molecule has 0 radical (unpaired) electrons. The molecule has 4 fully saturated rings. The molecule has 4 aliphatic carbocycles. The average molecular weight is 437 g/mol. The number of thiophene rings is 1. The smallest absolute Gasteiger partial charge is 0.254 e. The summed E-state index contributed by atoms with van der Waals surface area (Å²) >= 11 is 1.52. The summed E-state index contributed by atoms with van der Waals surface area (Å²) in [5.74, 6) is 2.03. The monoisotopic (exact) mass is 436 g/mol. The number of nitrogens with one attached hydrogen (secondary N) is 2. The second-order valence-corrected chi connectivity index (χ2v) is 10.9. The van der Waals surface area contributed by atoms with Gasteiger partial charge in [-0.25, -0.2) is 0 Å². The molecule has 1 aromatic carbocycles. The molecule has 4 bridgehead atoms.